The van der Waals surface area contributed by atoms with E-state index in [2.05, 4.69) is 51.1 Å². The zero-order chi connectivity index (χ0) is 10.9. The van der Waals surface area contributed by atoms with E-state index in [4.69, 9.17) is 4.74 Å². The maximum Gasteiger partial charge on any atom is 0.0585 e. The molecule has 2 rings (SSSR count). The second-order valence-corrected chi connectivity index (χ2v) is 5.88. The van der Waals surface area contributed by atoms with E-state index >= 15 is 0 Å². The van der Waals surface area contributed by atoms with Gasteiger partial charge in [0.15, 0.2) is 0 Å². The Labute approximate surface area is 92.5 Å². The van der Waals surface area contributed by atoms with Gasteiger partial charge in [0.2, 0.25) is 0 Å². The van der Waals surface area contributed by atoms with Crippen molar-refractivity contribution < 1.29 is 4.74 Å². The van der Waals surface area contributed by atoms with E-state index in [-0.39, 0.29) is 5.41 Å². The first kappa shape index (κ1) is 10.7. The molecule has 1 nitrogen and oxygen atoms in total. The SMILES string of the molecule is CC(C)(C)CC1(c2ccccc2)COC1. The molecule has 1 saturated heterocycles. The van der Waals surface area contributed by atoms with Crippen LogP contribution < -0.4 is 0 Å². The molecule has 0 spiro atoms. The maximum absolute atomic E-state index is 5.44. The van der Waals surface area contributed by atoms with E-state index < -0.39 is 0 Å². The van der Waals surface area contributed by atoms with Gasteiger partial charge in [-0.2, -0.15) is 0 Å². The molecule has 0 aliphatic carbocycles. The Morgan fingerprint density at radius 2 is 1.73 bits per heavy atom. The van der Waals surface area contributed by atoms with Gasteiger partial charge in [-0.15, -0.1) is 0 Å². The quantitative estimate of drug-likeness (QED) is 0.717. The first-order chi connectivity index (χ1) is 7.02. The molecule has 1 heteroatoms. The molecule has 0 aromatic heterocycles. The molecule has 1 heterocycles. The zero-order valence-corrected chi connectivity index (χ0v) is 9.92. The lowest BCUT2D eigenvalue weighted by Crippen LogP contribution is -2.49. The molecule has 0 N–H and O–H groups in total. The van der Waals surface area contributed by atoms with Crippen LogP contribution in [0.25, 0.3) is 0 Å². The molecule has 1 aromatic rings. The molecule has 1 aliphatic heterocycles. The van der Waals surface area contributed by atoms with Crippen LogP contribution >= 0.6 is 0 Å². The van der Waals surface area contributed by atoms with Gasteiger partial charge in [-0.05, 0) is 17.4 Å². The minimum Gasteiger partial charge on any atom is -0.379 e. The predicted molar refractivity (Wildman–Crippen MR) is 63.0 cm³/mol. The van der Waals surface area contributed by atoms with Gasteiger partial charge in [-0.3, -0.25) is 0 Å². The normalized spacial score (nSPS) is 19.7. The van der Waals surface area contributed by atoms with Crippen LogP contribution in [0.2, 0.25) is 0 Å². The summed E-state index contributed by atoms with van der Waals surface area (Å²) in [5.74, 6) is 0. The molecule has 0 bridgehead atoms. The molecule has 0 atom stereocenters. The third-order valence-electron chi connectivity index (χ3n) is 3.01. The van der Waals surface area contributed by atoms with Gasteiger partial charge in [0.25, 0.3) is 0 Å². The van der Waals surface area contributed by atoms with Crippen molar-refractivity contribution in [2.75, 3.05) is 13.2 Å². The minimum atomic E-state index is 0.277. The maximum atomic E-state index is 5.44. The fourth-order valence-electron chi connectivity index (χ4n) is 2.53. The van der Waals surface area contributed by atoms with Crippen molar-refractivity contribution in [2.45, 2.75) is 32.6 Å². The number of benzene rings is 1. The van der Waals surface area contributed by atoms with Gasteiger partial charge >= 0.3 is 0 Å². The highest BCUT2D eigenvalue weighted by Crippen LogP contribution is 2.41. The van der Waals surface area contributed by atoms with E-state index in [1.807, 2.05) is 0 Å². The van der Waals surface area contributed by atoms with Crippen LogP contribution in [0.3, 0.4) is 0 Å². The average molecular weight is 204 g/mol. The summed E-state index contributed by atoms with van der Waals surface area (Å²) < 4.78 is 5.44. The molecule has 82 valence electrons. The molecule has 0 saturated carbocycles. The smallest absolute Gasteiger partial charge is 0.0585 e. The summed E-state index contributed by atoms with van der Waals surface area (Å²) in [4.78, 5) is 0. The molecule has 1 fully saturated rings. The van der Waals surface area contributed by atoms with Crippen molar-refractivity contribution in [3.8, 4) is 0 Å². The molecule has 15 heavy (non-hydrogen) atoms. The Morgan fingerprint density at radius 3 is 2.13 bits per heavy atom. The van der Waals surface area contributed by atoms with Gasteiger partial charge in [-0.25, -0.2) is 0 Å². The number of rotatable bonds is 2. The number of hydrogen-bond donors (Lipinski definition) is 0. The van der Waals surface area contributed by atoms with Crippen molar-refractivity contribution in [1.29, 1.82) is 0 Å². The van der Waals surface area contributed by atoms with E-state index in [0.717, 1.165) is 13.2 Å². The summed E-state index contributed by atoms with van der Waals surface area (Å²) in [7, 11) is 0. The van der Waals surface area contributed by atoms with Crippen LogP contribution in [0.1, 0.15) is 32.8 Å². The lowest BCUT2D eigenvalue weighted by Gasteiger charge is -2.45. The summed E-state index contributed by atoms with van der Waals surface area (Å²) in [6, 6.07) is 10.8. The monoisotopic (exact) mass is 204 g/mol. The van der Waals surface area contributed by atoms with Gasteiger partial charge in [0.05, 0.1) is 13.2 Å². The lowest BCUT2D eigenvalue weighted by atomic mass is 9.68. The fraction of sp³-hybridized carbons (Fsp3) is 0.571. The third kappa shape index (κ3) is 2.23. The second-order valence-electron chi connectivity index (χ2n) is 5.88. The van der Waals surface area contributed by atoms with Crippen molar-refractivity contribution in [3.05, 3.63) is 35.9 Å². The Morgan fingerprint density at radius 1 is 1.13 bits per heavy atom. The largest absolute Gasteiger partial charge is 0.379 e. The summed E-state index contributed by atoms with van der Waals surface area (Å²) in [5, 5.41) is 0. The molecule has 1 aliphatic rings. The zero-order valence-electron chi connectivity index (χ0n) is 9.92. The summed E-state index contributed by atoms with van der Waals surface area (Å²) in [5.41, 5.74) is 2.07. The second kappa shape index (κ2) is 3.64. The minimum absolute atomic E-state index is 0.277. The van der Waals surface area contributed by atoms with Gasteiger partial charge < -0.3 is 4.74 Å². The van der Waals surface area contributed by atoms with E-state index in [1.165, 1.54) is 12.0 Å². The highest BCUT2D eigenvalue weighted by Gasteiger charge is 2.42. The van der Waals surface area contributed by atoms with Crippen LogP contribution in [0.5, 0.6) is 0 Å². The van der Waals surface area contributed by atoms with E-state index in [9.17, 15) is 0 Å². The molecular formula is C14H20O. The first-order valence-electron chi connectivity index (χ1n) is 5.65. The Kier molecular flexibility index (Phi) is 2.59. The van der Waals surface area contributed by atoms with Crippen molar-refractivity contribution in [1.82, 2.24) is 0 Å². The fourth-order valence-corrected chi connectivity index (χ4v) is 2.53. The van der Waals surface area contributed by atoms with E-state index in [1.54, 1.807) is 0 Å². The van der Waals surface area contributed by atoms with Crippen LogP contribution in [0.15, 0.2) is 30.3 Å². The summed E-state index contributed by atoms with van der Waals surface area (Å²) in [6.45, 7) is 8.67. The average Bonchev–Trinajstić information content (AvgIpc) is 2.11. The van der Waals surface area contributed by atoms with Crippen molar-refractivity contribution >= 4 is 0 Å². The van der Waals surface area contributed by atoms with Gasteiger partial charge in [-0.1, -0.05) is 51.1 Å². The predicted octanol–water partition coefficient (Wildman–Crippen LogP) is 3.39. The Bertz CT molecular complexity index is 317. The number of hydrogen-bond acceptors (Lipinski definition) is 1. The van der Waals surface area contributed by atoms with Crippen molar-refractivity contribution in [3.63, 3.8) is 0 Å². The van der Waals surface area contributed by atoms with E-state index in [0.29, 0.717) is 5.41 Å². The Balaban J connectivity index is 2.23. The van der Waals surface area contributed by atoms with Crippen LogP contribution in [-0.2, 0) is 10.2 Å². The van der Waals surface area contributed by atoms with Gasteiger partial charge in [0.1, 0.15) is 0 Å². The molecule has 0 unspecified atom stereocenters. The lowest BCUT2D eigenvalue weighted by molar-refractivity contribution is -0.0777. The van der Waals surface area contributed by atoms with Crippen molar-refractivity contribution in [2.24, 2.45) is 5.41 Å². The molecule has 0 radical (unpaired) electrons. The highest BCUT2D eigenvalue weighted by atomic mass is 16.5. The van der Waals surface area contributed by atoms with Crippen LogP contribution in [-0.4, -0.2) is 13.2 Å². The molecule has 1 aromatic carbocycles. The third-order valence-corrected chi connectivity index (χ3v) is 3.01. The summed E-state index contributed by atoms with van der Waals surface area (Å²) >= 11 is 0. The van der Waals surface area contributed by atoms with Crippen LogP contribution in [0.4, 0.5) is 0 Å². The molecular weight excluding hydrogens is 184 g/mol. The topological polar surface area (TPSA) is 9.23 Å². The standard InChI is InChI=1S/C14H20O/c1-13(2,3)9-14(10-15-11-14)12-7-5-4-6-8-12/h4-8H,9-11H2,1-3H3. The first-order valence-corrected chi connectivity index (χ1v) is 5.65. The van der Waals surface area contributed by atoms with Crippen LogP contribution in [0, 0.1) is 5.41 Å². The summed E-state index contributed by atoms with van der Waals surface area (Å²) in [6.07, 6.45) is 1.20. The number of ether oxygens (including phenoxy) is 1. The Hall–Kier alpha value is -0.820. The molecule has 0 amide bonds. The van der Waals surface area contributed by atoms with Gasteiger partial charge in [0, 0.05) is 5.41 Å². The highest BCUT2D eigenvalue weighted by molar-refractivity contribution is 5.28.